The van der Waals surface area contributed by atoms with Crippen molar-refractivity contribution in [1.29, 1.82) is 0 Å². The van der Waals surface area contributed by atoms with Crippen LogP contribution in [-0.2, 0) is 5.41 Å². The van der Waals surface area contributed by atoms with E-state index >= 15 is 0 Å². The van der Waals surface area contributed by atoms with Crippen LogP contribution in [0.15, 0.2) is 158 Å². The van der Waals surface area contributed by atoms with E-state index in [1.165, 1.54) is 99.1 Å². The van der Waals surface area contributed by atoms with Crippen LogP contribution in [0.2, 0.25) is 0 Å². The van der Waals surface area contributed by atoms with E-state index in [0.717, 1.165) is 0 Å². The van der Waals surface area contributed by atoms with E-state index in [9.17, 15) is 0 Å². The van der Waals surface area contributed by atoms with Gasteiger partial charge >= 0.3 is 0 Å². The van der Waals surface area contributed by atoms with Gasteiger partial charge in [-0.05, 0) is 115 Å². The van der Waals surface area contributed by atoms with Crippen molar-refractivity contribution >= 4 is 43.4 Å². The molecule has 0 amide bonds. The Balaban J connectivity index is 1.23. The Hall–Kier alpha value is -5.92. The highest BCUT2D eigenvalue weighted by Gasteiger charge is 2.37. The van der Waals surface area contributed by atoms with Crippen LogP contribution in [0.1, 0.15) is 30.5 Å². The van der Waals surface area contributed by atoms with Crippen LogP contribution in [0.3, 0.4) is 0 Å². The van der Waals surface area contributed by atoms with Crippen molar-refractivity contribution in [2.45, 2.75) is 26.2 Å². The summed E-state index contributed by atoms with van der Waals surface area (Å²) in [4.78, 5) is 0. The minimum atomic E-state index is -0.141. The van der Waals surface area contributed by atoms with Gasteiger partial charge in [0.2, 0.25) is 0 Å². The Kier molecular flexibility index (Phi) is 5.91. The van der Waals surface area contributed by atoms with Gasteiger partial charge in [0, 0.05) is 21.9 Å². The summed E-state index contributed by atoms with van der Waals surface area (Å²) in [7, 11) is 0. The van der Waals surface area contributed by atoms with Gasteiger partial charge in [0.25, 0.3) is 0 Å². The lowest BCUT2D eigenvalue weighted by Crippen LogP contribution is -2.15. The molecule has 0 atom stereocenters. The number of hydrogen-bond acceptors (Lipinski definition) is 0. The Bertz CT molecular complexity index is 2780. The maximum absolute atomic E-state index is 2.51. The van der Waals surface area contributed by atoms with Gasteiger partial charge < -0.3 is 4.57 Å². The summed E-state index contributed by atoms with van der Waals surface area (Å²) in [5, 5.41) is 7.76. The topological polar surface area (TPSA) is 4.93 Å². The van der Waals surface area contributed by atoms with Gasteiger partial charge in [0.15, 0.2) is 0 Å². The second-order valence-electron chi connectivity index (χ2n) is 14.2. The largest absolute Gasteiger partial charge is 0.309 e. The molecule has 8 aromatic carbocycles. The number of rotatable bonds is 3. The van der Waals surface area contributed by atoms with E-state index in [1.54, 1.807) is 0 Å². The van der Waals surface area contributed by atoms with Crippen molar-refractivity contribution in [3.8, 4) is 39.1 Å². The average Bonchev–Trinajstić information content (AvgIpc) is 3.58. The third-order valence-corrected chi connectivity index (χ3v) is 11.1. The van der Waals surface area contributed by atoms with Crippen LogP contribution in [-0.4, -0.2) is 4.57 Å². The Morgan fingerprint density at radius 2 is 1.04 bits per heavy atom. The first-order valence-electron chi connectivity index (χ1n) is 17.3. The fourth-order valence-corrected chi connectivity index (χ4v) is 8.71. The lowest BCUT2D eigenvalue weighted by Gasteiger charge is -2.22. The van der Waals surface area contributed by atoms with Gasteiger partial charge in [-0.15, -0.1) is 0 Å². The quantitative estimate of drug-likeness (QED) is 0.184. The van der Waals surface area contributed by atoms with Crippen LogP contribution >= 0.6 is 0 Å². The Morgan fingerprint density at radius 1 is 0.429 bits per heavy atom. The average molecular weight is 626 g/mol. The molecule has 1 nitrogen and oxygen atoms in total. The molecule has 0 N–H and O–H groups in total. The highest BCUT2D eigenvalue weighted by Crippen LogP contribution is 2.52. The molecule has 232 valence electrons. The fourth-order valence-electron chi connectivity index (χ4n) is 8.71. The molecule has 0 spiro atoms. The van der Waals surface area contributed by atoms with E-state index < -0.39 is 0 Å². The molecular formula is C48H35N. The molecule has 1 aliphatic carbocycles. The van der Waals surface area contributed by atoms with Crippen LogP contribution in [0, 0.1) is 6.92 Å². The molecular weight excluding hydrogens is 591 g/mol. The van der Waals surface area contributed by atoms with Gasteiger partial charge in [-0.25, -0.2) is 0 Å². The van der Waals surface area contributed by atoms with E-state index in [-0.39, 0.29) is 5.41 Å². The van der Waals surface area contributed by atoms with Crippen molar-refractivity contribution in [2.75, 3.05) is 0 Å². The first kappa shape index (κ1) is 28.1. The first-order chi connectivity index (χ1) is 24.0. The molecule has 0 saturated heterocycles. The zero-order valence-electron chi connectivity index (χ0n) is 28.0. The molecule has 1 aromatic heterocycles. The highest BCUT2D eigenvalue weighted by atomic mass is 15.0. The summed E-state index contributed by atoms with van der Waals surface area (Å²) in [5.74, 6) is 0. The number of hydrogen-bond donors (Lipinski definition) is 0. The van der Waals surface area contributed by atoms with Crippen molar-refractivity contribution < 1.29 is 0 Å². The highest BCUT2D eigenvalue weighted by molar-refractivity contribution is 6.14. The van der Waals surface area contributed by atoms with Crippen molar-refractivity contribution in [3.05, 3.63) is 174 Å². The third kappa shape index (κ3) is 4.06. The van der Waals surface area contributed by atoms with Gasteiger partial charge in [0.05, 0.1) is 11.0 Å². The normalized spacial score (nSPS) is 13.4. The predicted octanol–water partition coefficient (Wildman–Crippen LogP) is 13.0. The SMILES string of the molecule is Cc1cc(-c2cccc3ccccc23)cc2c1c1cc3c(cc1n2-c1ccccc1)-c1ccc(-c2cccc4ccccc24)cc1C3(C)C. The zero-order chi connectivity index (χ0) is 32.9. The first-order valence-corrected chi connectivity index (χ1v) is 17.3. The van der Waals surface area contributed by atoms with Crippen molar-refractivity contribution in [1.82, 2.24) is 4.57 Å². The summed E-state index contributed by atoms with van der Waals surface area (Å²) in [5.41, 5.74) is 15.4. The van der Waals surface area contributed by atoms with Gasteiger partial charge in [-0.2, -0.15) is 0 Å². The molecule has 0 saturated carbocycles. The summed E-state index contributed by atoms with van der Waals surface area (Å²) >= 11 is 0. The zero-order valence-corrected chi connectivity index (χ0v) is 28.0. The van der Waals surface area contributed by atoms with Gasteiger partial charge in [0.1, 0.15) is 0 Å². The number of para-hydroxylation sites is 1. The second-order valence-corrected chi connectivity index (χ2v) is 14.2. The fraction of sp³-hybridized carbons (Fsp3) is 0.0833. The van der Waals surface area contributed by atoms with Crippen molar-refractivity contribution in [3.63, 3.8) is 0 Å². The molecule has 0 fully saturated rings. The maximum Gasteiger partial charge on any atom is 0.0549 e. The number of aromatic nitrogens is 1. The van der Waals surface area contributed by atoms with Crippen LogP contribution in [0.4, 0.5) is 0 Å². The van der Waals surface area contributed by atoms with Gasteiger partial charge in [-0.3, -0.25) is 0 Å². The van der Waals surface area contributed by atoms with E-state index in [1.807, 2.05) is 0 Å². The monoisotopic (exact) mass is 625 g/mol. The Labute approximate surface area is 286 Å². The Morgan fingerprint density at radius 3 is 1.76 bits per heavy atom. The summed E-state index contributed by atoms with van der Waals surface area (Å²) in [6, 6.07) is 58.5. The maximum atomic E-state index is 2.51. The van der Waals surface area contributed by atoms with Crippen LogP contribution < -0.4 is 0 Å². The molecule has 9 aromatic rings. The van der Waals surface area contributed by atoms with Gasteiger partial charge in [-0.1, -0.05) is 135 Å². The lowest BCUT2D eigenvalue weighted by molar-refractivity contribution is 0.661. The molecule has 1 heteroatoms. The van der Waals surface area contributed by atoms with E-state index in [2.05, 4.69) is 183 Å². The van der Waals surface area contributed by atoms with Crippen LogP contribution in [0.25, 0.3) is 82.4 Å². The summed E-state index contributed by atoms with van der Waals surface area (Å²) < 4.78 is 2.49. The molecule has 1 aliphatic rings. The predicted molar refractivity (Wildman–Crippen MR) is 209 cm³/mol. The molecule has 49 heavy (non-hydrogen) atoms. The third-order valence-electron chi connectivity index (χ3n) is 11.1. The van der Waals surface area contributed by atoms with E-state index in [4.69, 9.17) is 0 Å². The lowest BCUT2D eigenvalue weighted by atomic mass is 9.81. The molecule has 0 unspecified atom stereocenters. The number of benzene rings is 8. The molecule has 0 aliphatic heterocycles. The summed E-state index contributed by atoms with van der Waals surface area (Å²) in [6.45, 7) is 7.09. The molecule has 0 bridgehead atoms. The number of nitrogens with zero attached hydrogens (tertiary/aromatic N) is 1. The number of fused-ring (bicyclic) bond motifs is 8. The van der Waals surface area contributed by atoms with Crippen LogP contribution in [0.5, 0.6) is 0 Å². The minimum Gasteiger partial charge on any atom is -0.309 e. The second kappa shape index (κ2) is 10.3. The summed E-state index contributed by atoms with van der Waals surface area (Å²) in [6.07, 6.45) is 0. The number of aryl methyl sites for hydroxylation is 1. The standard InChI is InChI=1S/C48H35N/c1-30-25-34(39-22-12-16-32-14-8-10-20-37(32)39)27-46-47(30)42-28-44-41(29-45(42)49(46)35-17-5-4-6-18-35)40-24-23-33(26-43(40)48(44,2)3)38-21-11-15-31-13-7-9-19-36(31)38/h4-29H,1-3H3. The minimum absolute atomic E-state index is 0.141. The molecule has 0 radical (unpaired) electrons. The molecule has 1 heterocycles. The molecule has 10 rings (SSSR count). The van der Waals surface area contributed by atoms with E-state index in [0.29, 0.717) is 0 Å². The smallest absolute Gasteiger partial charge is 0.0549 e. The van der Waals surface area contributed by atoms with Crippen molar-refractivity contribution in [2.24, 2.45) is 0 Å².